The summed E-state index contributed by atoms with van der Waals surface area (Å²) in [5.74, 6) is 1.41. The largest absolute Gasteiger partial charge is 0.393 e. The normalized spacial score (nSPS) is 54.0. The van der Waals surface area contributed by atoms with Crippen molar-refractivity contribution in [3.8, 4) is 0 Å². The molecule has 1 amide bonds. The Hall–Kier alpha value is -0.870. The number of fused-ring (bicyclic) bond motifs is 7. The van der Waals surface area contributed by atoms with Crippen LogP contribution in [0.15, 0.2) is 11.6 Å². The maximum Gasteiger partial charge on any atom is 0.249 e. The van der Waals surface area contributed by atoms with Crippen molar-refractivity contribution >= 4 is 5.91 Å². The highest BCUT2D eigenvalue weighted by atomic mass is 16.5. The quantitative estimate of drug-likeness (QED) is 0.228. The average molecular weight is 472 g/mol. The van der Waals surface area contributed by atoms with Crippen molar-refractivity contribution in [1.29, 1.82) is 0 Å². The van der Waals surface area contributed by atoms with Gasteiger partial charge in [0.05, 0.1) is 6.10 Å². The second kappa shape index (κ2) is 7.34. The first kappa shape index (κ1) is 24.8. The van der Waals surface area contributed by atoms with Gasteiger partial charge >= 0.3 is 0 Å². The van der Waals surface area contributed by atoms with Gasteiger partial charge in [0.2, 0.25) is 5.91 Å². The maximum absolute atomic E-state index is 12.7. The number of amides is 1. The number of aliphatic hydroxyl groups excluding tert-OH is 1. The van der Waals surface area contributed by atoms with Gasteiger partial charge < -0.3 is 5.11 Å². The molecule has 34 heavy (non-hydrogen) atoms. The zero-order chi connectivity index (χ0) is 24.9. The Bertz CT molecular complexity index is 911. The molecular formula is C30H49NO3. The van der Waals surface area contributed by atoms with Gasteiger partial charge in [-0.05, 0) is 109 Å². The van der Waals surface area contributed by atoms with Crippen molar-refractivity contribution in [3.63, 3.8) is 0 Å². The Kier molecular flexibility index (Phi) is 5.36. The summed E-state index contributed by atoms with van der Waals surface area (Å²) in [6, 6.07) is 0. The fourth-order valence-electron chi connectivity index (χ4n) is 10.7. The highest BCUT2D eigenvalue weighted by Crippen LogP contribution is 2.75. The number of hydrogen-bond donors (Lipinski definition) is 3. The molecule has 9 atom stereocenters. The molecule has 1 unspecified atom stereocenters. The zero-order valence-corrected chi connectivity index (χ0v) is 22.8. The molecule has 0 radical (unpaired) electrons. The van der Waals surface area contributed by atoms with Crippen molar-refractivity contribution in [2.24, 2.45) is 50.2 Å². The first-order valence-corrected chi connectivity index (χ1v) is 14.0. The van der Waals surface area contributed by atoms with Gasteiger partial charge in [-0.15, -0.1) is 0 Å². The van der Waals surface area contributed by atoms with E-state index in [1.807, 2.05) is 5.48 Å². The van der Waals surface area contributed by atoms with Crippen molar-refractivity contribution < 1.29 is 15.1 Å². The molecule has 5 rings (SSSR count). The SMILES string of the molecule is CC1(C)C2CC[C@]3(C)[C@H](CC=C4[C@@H]5C[C@@](C)(C(=O)NO)CC[C@]5(C)CC[C@]43C)[C@@]2(C)CC[C@@H]1O. The molecule has 4 heteroatoms. The second-order valence-electron chi connectivity index (χ2n) is 15.1. The summed E-state index contributed by atoms with van der Waals surface area (Å²) < 4.78 is 0. The van der Waals surface area contributed by atoms with Crippen LogP contribution in [0.5, 0.6) is 0 Å². The fourth-order valence-corrected chi connectivity index (χ4v) is 10.7. The fraction of sp³-hybridized carbons (Fsp3) is 0.900. The smallest absolute Gasteiger partial charge is 0.249 e. The number of nitrogens with one attached hydrogen (secondary N) is 1. The predicted octanol–water partition coefficient (Wildman–Crippen LogP) is 6.65. The van der Waals surface area contributed by atoms with Crippen molar-refractivity contribution in [2.45, 2.75) is 119 Å². The van der Waals surface area contributed by atoms with Crippen molar-refractivity contribution in [1.82, 2.24) is 5.48 Å². The third-order valence-corrected chi connectivity index (χ3v) is 13.5. The lowest BCUT2D eigenvalue weighted by Gasteiger charge is -2.71. The van der Waals surface area contributed by atoms with Crippen LogP contribution < -0.4 is 5.48 Å². The van der Waals surface area contributed by atoms with E-state index in [9.17, 15) is 15.1 Å². The van der Waals surface area contributed by atoms with E-state index >= 15 is 0 Å². The number of carbonyl (C=O) groups excluding carboxylic acids is 1. The molecule has 0 bridgehead atoms. The highest BCUT2D eigenvalue weighted by molar-refractivity contribution is 5.81. The Balaban J connectivity index is 1.56. The molecule has 5 aliphatic rings. The molecule has 0 aliphatic heterocycles. The minimum absolute atomic E-state index is 0.0206. The van der Waals surface area contributed by atoms with Crippen LogP contribution >= 0.6 is 0 Å². The topological polar surface area (TPSA) is 69.6 Å². The minimum Gasteiger partial charge on any atom is -0.393 e. The van der Waals surface area contributed by atoms with E-state index < -0.39 is 5.41 Å². The van der Waals surface area contributed by atoms with Gasteiger partial charge in [-0.25, -0.2) is 5.48 Å². The van der Waals surface area contributed by atoms with Gasteiger partial charge in [0.15, 0.2) is 0 Å². The Morgan fingerprint density at radius 2 is 1.59 bits per heavy atom. The molecule has 0 aromatic carbocycles. The first-order valence-electron chi connectivity index (χ1n) is 14.0. The number of aliphatic hydroxyl groups is 1. The molecule has 5 aliphatic carbocycles. The molecule has 3 N–H and O–H groups in total. The number of rotatable bonds is 1. The second-order valence-corrected chi connectivity index (χ2v) is 15.1. The van der Waals surface area contributed by atoms with E-state index in [2.05, 4.69) is 54.5 Å². The third-order valence-electron chi connectivity index (χ3n) is 13.5. The lowest BCUT2D eigenvalue weighted by atomic mass is 9.33. The summed E-state index contributed by atoms with van der Waals surface area (Å²) in [5, 5.41) is 20.4. The Morgan fingerprint density at radius 1 is 0.912 bits per heavy atom. The van der Waals surface area contributed by atoms with Crippen LogP contribution in [0.25, 0.3) is 0 Å². The summed E-state index contributed by atoms with van der Waals surface area (Å²) in [7, 11) is 0. The molecule has 4 fully saturated rings. The van der Waals surface area contributed by atoms with E-state index in [1.54, 1.807) is 5.57 Å². The number of carbonyl (C=O) groups is 1. The lowest BCUT2D eigenvalue weighted by molar-refractivity contribution is -0.203. The zero-order valence-electron chi connectivity index (χ0n) is 22.8. The van der Waals surface area contributed by atoms with E-state index in [0.717, 1.165) is 38.5 Å². The van der Waals surface area contributed by atoms with Crippen LogP contribution in [-0.2, 0) is 4.79 Å². The van der Waals surface area contributed by atoms with Gasteiger partial charge in [-0.2, -0.15) is 0 Å². The summed E-state index contributed by atoms with van der Waals surface area (Å²) in [5.41, 5.74) is 4.02. The van der Waals surface area contributed by atoms with E-state index in [4.69, 9.17) is 0 Å². The third kappa shape index (κ3) is 2.93. The van der Waals surface area contributed by atoms with Crippen LogP contribution in [0.4, 0.5) is 0 Å². The molecular weight excluding hydrogens is 422 g/mol. The molecule has 192 valence electrons. The van der Waals surface area contributed by atoms with E-state index in [1.165, 1.54) is 25.7 Å². The van der Waals surface area contributed by atoms with E-state index in [0.29, 0.717) is 17.8 Å². The van der Waals surface area contributed by atoms with Crippen LogP contribution in [0.3, 0.4) is 0 Å². The Morgan fingerprint density at radius 3 is 2.26 bits per heavy atom. The standard InChI is InChI=1S/C30H49NO3/c1-25(2)21-10-13-30(7)22(28(21,5)12-11-23(25)32)9-8-19-20-18-27(4,24(33)31-34)15-14-26(20,3)16-17-29(19,30)6/h8,20-23,32,34H,9-18H2,1-7H3,(H,31,33)/t20-,21?,22+,23-,26+,27-,28-,29+,30+/m0/s1. The summed E-state index contributed by atoms with van der Waals surface area (Å²) in [6.45, 7) is 16.9. The van der Waals surface area contributed by atoms with Gasteiger partial charge in [0.1, 0.15) is 0 Å². The monoisotopic (exact) mass is 471 g/mol. The molecule has 0 spiro atoms. The van der Waals surface area contributed by atoms with Crippen LogP contribution in [0, 0.1) is 50.2 Å². The van der Waals surface area contributed by atoms with Crippen LogP contribution in [0.1, 0.15) is 113 Å². The van der Waals surface area contributed by atoms with Crippen LogP contribution in [-0.4, -0.2) is 22.3 Å². The average Bonchev–Trinajstić information content (AvgIpc) is 2.77. The predicted molar refractivity (Wildman–Crippen MR) is 135 cm³/mol. The highest BCUT2D eigenvalue weighted by Gasteiger charge is 2.68. The molecule has 0 saturated heterocycles. The van der Waals surface area contributed by atoms with Crippen molar-refractivity contribution in [3.05, 3.63) is 11.6 Å². The minimum atomic E-state index is -0.497. The van der Waals surface area contributed by atoms with Gasteiger partial charge in [0, 0.05) is 5.41 Å². The summed E-state index contributed by atoms with van der Waals surface area (Å²) in [6.07, 6.45) is 13.3. The number of hydrogen-bond acceptors (Lipinski definition) is 3. The lowest BCUT2D eigenvalue weighted by Crippen LogP contribution is -2.64. The molecule has 0 aromatic rings. The number of allylic oxidation sites excluding steroid dienone is 2. The molecule has 0 aromatic heterocycles. The maximum atomic E-state index is 12.7. The van der Waals surface area contributed by atoms with Gasteiger partial charge in [-0.3, -0.25) is 10.0 Å². The van der Waals surface area contributed by atoms with Crippen molar-refractivity contribution in [2.75, 3.05) is 0 Å². The molecule has 0 heterocycles. The first-order chi connectivity index (χ1) is 15.7. The van der Waals surface area contributed by atoms with Gasteiger partial charge in [-0.1, -0.05) is 60.1 Å². The van der Waals surface area contributed by atoms with Gasteiger partial charge in [0.25, 0.3) is 0 Å². The Labute approximate surface area is 207 Å². The number of hydroxylamine groups is 1. The molecule has 4 nitrogen and oxygen atoms in total. The summed E-state index contributed by atoms with van der Waals surface area (Å²) in [4.78, 5) is 12.7. The summed E-state index contributed by atoms with van der Waals surface area (Å²) >= 11 is 0. The van der Waals surface area contributed by atoms with Crippen LogP contribution in [0.2, 0.25) is 0 Å². The van der Waals surface area contributed by atoms with E-state index in [-0.39, 0.29) is 39.1 Å². The molecule has 4 saturated carbocycles.